The summed E-state index contributed by atoms with van der Waals surface area (Å²) in [6, 6.07) is 7.19. The molecule has 7 nitrogen and oxygen atoms in total. The second kappa shape index (κ2) is 4.23. The van der Waals surface area contributed by atoms with Crippen molar-refractivity contribution in [3.63, 3.8) is 0 Å². The average molecular weight is 271 g/mol. The third-order valence-electron chi connectivity index (χ3n) is 2.88. The molecule has 3 aromatic rings. The number of hydrogen-bond acceptors (Lipinski definition) is 5. The van der Waals surface area contributed by atoms with Crippen LogP contribution >= 0.6 is 0 Å². The van der Waals surface area contributed by atoms with Crippen LogP contribution in [-0.4, -0.2) is 35.9 Å². The van der Waals surface area contributed by atoms with Gasteiger partial charge in [0.25, 0.3) is 0 Å². The highest BCUT2D eigenvalue weighted by Gasteiger charge is 2.12. The number of pyridine rings is 1. The van der Waals surface area contributed by atoms with Crippen LogP contribution in [0.5, 0.6) is 11.5 Å². The second-order valence-corrected chi connectivity index (χ2v) is 4.18. The van der Waals surface area contributed by atoms with Crippen LogP contribution in [0.4, 0.5) is 0 Å². The lowest BCUT2D eigenvalue weighted by Gasteiger charge is -2.03. The van der Waals surface area contributed by atoms with E-state index in [1.807, 2.05) is 0 Å². The molecule has 0 fully saturated rings. The van der Waals surface area contributed by atoms with Crippen LogP contribution in [0.15, 0.2) is 36.5 Å². The first kappa shape index (κ1) is 12.0. The van der Waals surface area contributed by atoms with Gasteiger partial charge in [-0.05, 0) is 30.3 Å². The van der Waals surface area contributed by atoms with Crippen molar-refractivity contribution in [3.8, 4) is 22.9 Å². The van der Waals surface area contributed by atoms with Gasteiger partial charge in [-0.3, -0.25) is 4.40 Å². The third-order valence-corrected chi connectivity index (χ3v) is 2.88. The molecule has 0 bridgehead atoms. The van der Waals surface area contributed by atoms with Gasteiger partial charge in [0.1, 0.15) is 0 Å². The number of phenolic OH excluding ortho intramolecular Hbond substituents is 2. The lowest BCUT2D eigenvalue weighted by molar-refractivity contribution is 0.0696. The van der Waals surface area contributed by atoms with Gasteiger partial charge in [0.15, 0.2) is 23.0 Å². The first-order valence-electron chi connectivity index (χ1n) is 5.66. The van der Waals surface area contributed by atoms with Crippen molar-refractivity contribution in [2.75, 3.05) is 0 Å². The molecule has 3 N–H and O–H groups in total. The van der Waals surface area contributed by atoms with E-state index >= 15 is 0 Å². The molecule has 0 aliphatic rings. The van der Waals surface area contributed by atoms with E-state index in [0.29, 0.717) is 17.0 Å². The number of aromatic carboxylic acids is 1. The zero-order valence-corrected chi connectivity index (χ0v) is 10.1. The minimum atomic E-state index is -1.06. The number of carboxylic acid groups (broad SMARTS) is 1. The van der Waals surface area contributed by atoms with E-state index in [1.54, 1.807) is 12.1 Å². The molecule has 2 aromatic heterocycles. The molecule has 0 spiro atoms. The maximum Gasteiger partial charge on any atom is 0.337 e. The highest BCUT2D eigenvalue weighted by Crippen LogP contribution is 2.29. The van der Waals surface area contributed by atoms with Gasteiger partial charge in [-0.15, -0.1) is 10.2 Å². The molecule has 0 saturated heterocycles. The fraction of sp³-hybridized carbons (Fsp3) is 0. The van der Waals surface area contributed by atoms with Crippen LogP contribution in [-0.2, 0) is 0 Å². The monoisotopic (exact) mass is 271 g/mol. The van der Waals surface area contributed by atoms with Crippen LogP contribution in [0.1, 0.15) is 10.4 Å². The number of carboxylic acids is 1. The Morgan fingerprint density at radius 2 is 1.85 bits per heavy atom. The lowest BCUT2D eigenvalue weighted by Crippen LogP contribution is -1.99. The number of aromatic hydroxyl groups is 2. The topological polar surface area (TPSA) is 108 Å². The van der Waals surface area contributed by atoms with E-state index in [-0.39, 0.29) is 17.1 Å². The highest BCUT2D eigenvalue weighted by atomic mass is 16.4. The number of fused-ring (bicyclic) bond motifs is 1. The van der Waals surface area contributed by atoms with Crippen molar-refractivity contribution in [1.29, 1.82) is 0 Å². The van der Waals surface area contributed by atoms with E-state index in [0.717, 1.165) is 0 Å². The number of aromatic nitrogens is 3. The molecule has 0 amide bonds. The molecule has 100 valence electrons. The molecule has 3 rings (SSSR count). The lowest BCUT2D eigenvalue weighted by atomic mass is 10.2. The Labute approximate surface area is 112 Å². The fourth-order valence-corrected chi connectivity index (χ4v) is 1.88. The van der Waals surface area contributed by atoms with Crippen LogP contribution < -0.4 is 0 Å². The van der Waals surface area contributed by atoms with Gasteiger partial charge in [-0.1, -0.05) is 0 Å². The molecular weight excluding hydrogens is 262 g/mol. The van der Waals surface area contributed by atoms with Crippen LogP contribution in [0.3, 0.4) is 0 Å². The predicted molar refractivity (Wildman–Crippen MR) is 68.7 cm³/mol. The average Bonchev–Trinajstić information content (AvgIpc) is 2.84. The Hall–Kier alpha value is -3.09. The fourth-order valence-electron chi connectivity index (χ4n) is 1.88. The van der Waals surface area contributed by atoms with Gasteiger partial charge in [-0.25, -0.2) is 4.79 Å². The minimum absolute atomic E-state index is 0.0987. The first-order chi connectivity index (χ1) is 9.56. The Morgan fingerprint density at radius 3 is 2.55 bits per heavy atom. The van der Waals surface area contributed by atoms with Gasteiger partial charge in [0.05, 0.1) is 5.56 Å². The summed E-state index contributed by atoms with van der Waals surface area (Å²) in [4.78, 5) is 11.0. The van der Waals surface area contributed by atoms with Crippen molar-refractivity contribution in [2.45, 2.75) is 0 Å². The maximum absolute atomic E-state index is 11.0. The number of carbonyl (C=O) groups is 1. The number of phenols is 2. The van der Waals surface area contributed by atoms with Gasteiger partial charge in [0.2, 0.25) is 0 Å². The quantitative estimate of drug-likeness (QED) is 0.610. The van der Waals surface area contributed by atoms with Gasteiger partial charge >= 0.3 is 5.97 Å². The number of rotatable bonds is 2. The Balaban J connectivity index is 2.22. The number of benzene rings is 1. The molecule has 1 aromatic carbocycles. The molecule has 0 radical (unpaired) electrons. The minimum Gasteiger partial charge on any atom is -0.504 e. The summed E-state index contributed by atoms with van der Waals surface area (Å²) in [5.41, 5.74) is 1.09. The summed E-state index contributed by atoms with van der Waals surface area (Å²) in [6.45, 7) is 0. The summed E-state index contributed by atoms with van der Waals surface area (Å²) >= 11 is 0. The summed E-state index contributed by atoms with van der Waals surface area (Å²) in [5, 5.41) is 35.7. The summed E-state index contributed by atoms with van der Waals surface area (Å²) < 4.78 is 1.51. The Morgan fingerprint density at radius 1 is 1.05 bits per heavy atom. The normalized spacial score (nSPS) is 10.8. The van der Waals surface area contributed by atoms with Crippen molar-refractivity contribution >= 4 is 11.6 Å². The zero-order chi connectivity index (χ0) is 14.3. The van der Waals surface area contributed by atoms with Crippen LogP contribution in [0.25, 0.3) is 17.0 Å². The zero-order valence-electron chi connectivity index (χ0n) is 10.1. The van der Waals surface area contributed by atoms with Crippen LogP contribution in [0, 0.1) is 0 Å². The Kier molecular flexibility index (Phi) is 2.53. The predicted octanol–water partition coefficient (Wildman–Crippen LogP) is 1.51. The summed E-state index contributed by atoms with van der Waals surface area (Å²) in [6.07, 6.45) is 1.40. The van der Waals surface area contributed by atoms with Crippen molar-refractivity contribution < 1.29 is 20.1 Å². The number of hydrogen-bond donors (Lipinski definition) is 3. The Bertz CT molecular complexity index is 826. The van der Waals surface area contributed by atoms with E-state index in [2.05, 4.69) is 10.2 Å². The third kappa shape index (κ3) is 1.81. The molecule has 20 heavy (non-hydrogen) atoms. The molecule has 2 heterocycles. The standard InChI is InChI=1S/C13H9N3O4/c17-9-3-1-7(5-10(9)18)12-15-14-11-4-2-8(13(19)20)6-16(11)12/h1-6,17-18H,(H,19,20). The second-order valence-electron chi connectivity index (χ2n) is 4.18. The SMILES string of the molecule is O=C(O)c1ccc2nnc(-c3ccc(O)c(O)c3)n2c1. The largest absolute Gasteiger partial charge is 0.504 e. The maximum atomic E-state index is 11.0. The molecule has 0 saturated carbocycles. The van der Waals surface area contributed by atoms with Gasteiger partial charge in [-0.2, -0.15) is 0 Å². The van der Waals surface area contributed by atoms with Crippen molar-refractivity contribution in [2.24, 2.45) is 0 Å². The molecule has 0 aliphatic heterocycles. The van der Waals surface area contributed by atoms with Gasteiger partial charge in [0, 0.05) is 11.8 Å². The van der Waals surface area contributed by atoms with Crippen molar-refractivity contribution in [3.05, 3.63) is 42.1 Å². The molecular formula is C13H9N3O4. The van der Waals surface area contributed by atoms with E-state index < -0.39 is 5.97 Å². The van der Waals surface area contributed by atoms with E-state index in [4.69, 9.17) is 5.11 Å². The molecule has 7 heteroatoms. The van der Waals surface area contributed by atoms with Crippen molar-refractivity contribution in [1.82, 2.24) is 14.6 Å². The number of nitrogens with zero attached hydrogens (tertiary/aromatic N) is 3. The van der Waals surface area contributed by atoms with Crippen LogP contribution in [0.2, 0.25) is 0 Å². The van der Waals surface area contributed by atoms with E-state index in [1.165, 1.54) is 28.8 Å². The highest BCUT2D eigenvalue weighted by molar-refractivity contribution is 5.87. The van der Waals surface area contributed by atoms with E-state index in [9.17, 15) is 15.0 Å². The smallest absolute Gasteiger partial charge is 0.337 e. The summed E-state index contributed by atoms with van der Waals surface area (Å²) in [7, 11) is 0. The molecule has 0 atom stereocenters. The summed E-state index contributed by atoms with van der Waals surface area (Å²) in [5.74, 6) is -1.21. The molecule has 0 aliphatic carbocycles. The molecule has 0 unspecified atom stereocenters. The van der Waals surface area contributed by atoms with Gasteiger partial charge < -0.3 is 15.3 Å². The first-order valence-corrected chi connectivity index (χ1v) is 5.66.